The van der Waals surface area contributed by atoms with E-state index in [2.05, 4.69) is 10.3 Å². The second-order valence-corrected chi connectivity index (χ2v) is 6.62. The maximum Gasteiger partial charge on any atom is 0.193 e. The minimum Gasteiger partial charge on any atom is -0.370 e. The van der Waals surface area contributed by atoms with Crippen molar-refractivity contribution in [1.82, 2.24) is 0 Å². The van der Waals surface area contributed by atoms with Crippen LogP contribution < -0.4 is 11.1 Å². The number of nitrogens with two attached hydrogens (primary N) is 1. The molecule has 0 radical (unpaired) electrons. The van der Waals surface area contributed by atoms with E-state index in [1.807, 2.05) is 30.3 Å². The lowest BCUT2D eigenvalue weighted by atomic mass is 10.2. The molecule has 21 heavy (non-hydrogen) atoms. The number of anilines is 1. The van der Waals surface area contributed by atoms with E-state index in [4.69, 9.17) is 5.73 Å². The zero-order valence-electron chi connectivity index (χ0n) is 11.7. The largest absolute Gasteiger partial charge is 0.370 e. The van der Waals surface area contributed by atoms with Gasteiger partial charge in [0, 0.05) is 11.9 Å². The van der Waals surface area contributed by atoms with Crippen LogP contribution >= 0.6 is 0 Å². The minimum absolute atomic E-state index is 0.271. The van der Waals surface area contributed by atoms with Gasteiger partial charge in [0.15, 0.2) is 15.8 Å². The summed E-state index contributed by atoms with van der Waals surface area (Å²) in [5.41, 5.74) is 7.55. The number of nitrogens with one attached hydrogen (secondary N) is 1. The molecule has 0 amide bonds. The highest BCUT2D eigenvalue weighted by atomic mass is 32.2. The molecule has 3 N–H and O–H groups in total. The van der Waals surface area contributed by atoms with Gasteiger partial charge in [-0.2, -0.15) is 0 Å². The van der Waals surface area contributed by atoms with E-state index in [0.29, 0.717) is 12.2 Å². The first-order chi connectivity index (χ1) is 9.95. The predicted molar refractivity (Wildman–Crippen MR) is 84.9 cm³/mol. The number of hydrogen-bond donors (Lipinski definition) is 2. The molecule has 0 aromatic heterocycles. The van der Waals surface area contributed by atoms with Crippen LogP contribution in [0, 0.1) is 0 Å². The van der Waals surface area contributed by atoms with Crippen LogP contribution in [0.4, 0.5) is 5.69 Å². The fraction of sp³-hybridized carbons (Fsp3) is 0.133. The Kier molecular flexibility index (Phi) is 4.59. The zero-order valence-corrected chi connectivity index (χ0v) is 12.5. The van der Waals surface area contributed by atoms with Crippen LogP contribution in [0.2, 0.25) is 0 Å². The van der Waals surface area contributed by atoms with Gasteiger partial charge in [0.05, 0.1) is 11.4 Å². The fourth-order valence-electron chi connectivity index (χ4n) is 1.73. The van der Waals surface area contributed by atoms with Crippen LogP contribution in [0.5, 0.6) is 0 Å². The van der Waals surface area contributed by atoms with Crippen molar-refractivity contribution in [3.63, 3.8) is 0 Å². The Bertz CT molecular complexity index is 723. The van der Waals surface area contributed by atoms with E-state index in [0.717, 1.165) is 5.56 Å². The molecular formula is C15H17N3O2S. The summed E-state index contributed by atoms with van der Waals surface area (Å²) in [6.45, 7) is 0.487. The summed E-state index contributed by atoms with van der Waals surface area (Å²) in [5.74, 6) is 0.283. The van der Waals surface area contributed by atoms with Gasteiger partial charge in [0.25, 0.3) is 0 Å². The van der Waals surface area contributed by atoms with E-state index in [9.17, 15) is 8.42 Å². The van der Waals surface area contributed by atoms with Crippen molar-refractivity contribution >= 4 is 21.5 Å². The van der Waals surface area contributed by atoms with Gasteiger partial charge in [-0.25, -0.2) is 13.4 Å². The molecule has 6 heteroatoms. The molecule has 5 nitrogen and oxygen atoms in total. The first-order valence-corrected chi connectivity index (χ1v) is 8.25. The van der Waals surface area contributed by atoms with Crippen LogP contribution in [0.25, 0.3) is 0 Å². The van der Waals surface area contributed by atoms with Crippen molar-refractivity contribution in [3.05, 3.63) is 60.2 Å². The highest BCUT2D eigenvalue weighted by molar-refractivity contribution is 7.90. The first kappa shape index (κ1) is 15.1. The van der Waals surface area contributed by atoms with Gasteiger partial charge in [-0.15, -0.1) is 0 Å². The number of sulfone groups is 1. The molecule has 2 rings (SSSR count). The molecule has 0 saturated heterocycles. The second-order valence-electron chi connectivity index (χ2n) is 4.61. The standard InChI is InChI=1S/C15H17N3O2S/c1-21(19,20)14-9-7-13(8-10-14)18-15(16)17-11-12-5-3-2-4-6-12/h2-10H,11H2,1H3,(H3,16,17,18). The van der Waals surface area contributed by atoms with Crippen molar-refractivity contribution in [3.8, 4) is 0 Å². The van der Waals surface area contributed by atoms with Crippen LogP contribution in [-0.4, -0.2) is 20.6 Å². The Morgan fingerprint density at radius 2 is 1.71 bits per heavy atom. The van der Waals surface area contributed by atoms with E-state index in [1.165, 1.54) is 18.4 Å². The molecular weight excluding hydrogens is 286 g/mol. The monoisotopic (exact) mass is 303 g/mol. The van der Waals surface area contributed by atoms with Crippen molar-refractivity contribution < 1.29 is 8.42 Å². The molecule has 0 saturated carbocycles. The van der Waals surface area contributed by atoms with E-state index in [1.54, 1.807) is 12.1 Å². The normalized spacial score (nSPS) is 12.1. The molecule has 0 heterocycles. The molecule has 0 unspecified atom stereocenters. The molecule has 0 aliphatic carbocycles. The summed E-state index contributed by atoms with van der Waals surface area (Å²) < 4.78 is 22.7. The third-order valence-electron chi connectivity index (χ3n) is 2.83. The van der Waals surface area contributed by atoms with Gasteiger partial charge in [0.1, 0.15) is 0 Å². The van der Waals surface area contributed by atoms with Gasteiger partial charge in [0.2, 0.25) is 0 Å². The van der Waals surface area contributed by atoms with Crippen molar-refractivity contribution in [2.45, 2.75) is 11.4 Å². The lowest BCUT2D eigenvalue weighted by Crippen LogP contribution is -2.22. The van der Waals surface area contributed by atoms with Crippen LogP contribution in [0.1, 0.15) is 5.56 Å². The van der Waals surface area contributed by atoms with Crippen molar-refractivity contribution in [1.29, 1.82) is 0 Å². The van der Waals surface area contributed by atoms with Crippen molar-refractivity contribution in [2.75, 3.05) is 11.6 Å². The van der Waals surface area contributed by atoms with Crippen LogP contribution in [0.15, 0.2) is 64.5 Å². The summed E-state index contributed by atoms with van der Waals surface area (Å²) in [7, 11) is -3.18. The van der Waals surface area contributed by atoms with Crippen LogP contribution in [0.3, 0.4) is 0 Å². The molecule has 2 aromatic rings. The lowest BCUT2D eigenvalue weighted by molar-refractivity contribution is 0.602. The Morgan fingerprint density at radius 3 is 2.29 bits per heavy atom. The maximum atomic E-state index is 11.4. The first-order valence-electron chi connectivity index (χ1n) is 6.36. The summed E-state index contributed by atoms with van der Waals surface area (Å²) >= 11 is 0. The topological polar surface area (TPSA) is 84.5 Å². The summed E-state index contributed by atoms with van der Waals surface area (Å²) in [4.78, 5) is 4.50. The van der Waals surface area contributed by atoms with E-state index >= 15 is 0 Å². The molecule has 0 aliphatic heterocycles. The maximum absolute atomic E-state index is 11.4. The summed E-state index contributed by atoms with van der Waals surface area (Å²) in [6.07, 6.45) is 1.17. The number of rotatable bonds is 4. The summed E-state index contributed by atoms with van der Waals surface area (Å²) in [5, 5.41) is 2.92. The fourth-order valence-corrected chi connectivity index (χ4v) is 2.36. The van der Waals surface area contributed by atoms with Gasteiger partial charge in [-0.3, -0.25) is 0 Å². The molecule has 0 bridgehead atoms. The number of benzene rings is 2. The third kappa shape index (κ3) is 4.61. The molecule has 0 atom stereocenters. The van der Waals surface area contributed by atoms with E-state index in [-0.39, 0.29) is 10.9 Å². The number of nitrogens with zero attached hydrogens (tertiary/aromatic N) is 1. The van der Waals surface area contributed by atoms with Gasteiger partial charge in [-0.05, 0) is 29.8 Å². The van der Waals surface area contributed by atoms with Gasteiger partial charge < -0.3 is 11.1 Å². The number of aliphatic imine (C=N–C) groups is 1. The molecule has 0 spiro atoms. The predicted octanol–water partition coefficient (Wildman–Crippen LogP) is 2.02. The quantitative estimate of drug-likeness (QED) is 0.668. The SMILES string of the molecule is CS(=O)(=O)c1ccc(NC(N)=NCc2ccccc2)cc1. The molecule has 110 valence electrons. The highest BCUT2D eigenvalue weighted by Crippen LogP contribution is 2.13. The minimum atomic E-state index is -3.18. The number of hydrogen-bond acceptors (Lipinski definition) is 3. The van der Waals surface area contributed by atoms with Crippen molar-refractivity contribution in [2.24, 2.45) is 10.7 Å². The third-order valence-corrected chi connectivity index (χ3v) is 3.96. The molecule has 2 aromatic carbocycles. The van der Waals surface area contributed by atoms with Gasteiger partial charge in [-0.1, -0.05) is 30.3 Å². The lowest BCUT2D eigenvalue weighted by Gasteiger charge is -2.06. The Morgan fingerprint density at radius 1 is 1.10 bits per heavy atom. The zero-order chi connectivity index (χ0) is 15.3. The second kappa shape index (κ2) is 6.41. The van der Waals surface area contributed by atoms with E-state index < -0.39 is 9.84 Å². The van der Waals surface area contributed by atoms with Crippen LogP contribution in [-0.2, 0) is 16.4 Å². The van der Waals surface area contributed by atoms with Gasteiger partial charge >= 0.3 is 0 Å². The Labute approximate surface area is 124 Å². The Hall–Kier alpha value is -2.34. The summed E-state index contributed by atoms with van der Waals surface area (Å²) in [6, 6.07) is 16.1. The molecule has 0 fully saturated rings. The average Bonchev–Trinajstić information content (AvgIpc) is 2.46. The average molecular weight is 303 g/mol. The molecule has 0 aliphatic rings. The number of guanidine groups is 1. The highest BCUT2D eigenvalue weighted by Gasteiger charge is 2.06. The smallest absolute Gasteiger partial charge is 0.193 e. The Balaban J connectivity index is 2.01.